The fraction of sp³-hybridized carbons (Fsp3) is 0.448. The van der Waals surface area contributed by atoms with Gasteiger partial charge in [-0.05, 0) is 61.4 Å². The van der Waals surface area contributed by atoms with Gasteiger partial charge in [0, 0.05) is 25.2 Å². The molecule has 38 heavy (non-hydrogen) atoms. The molecule has 4 rings (SSSR count). The van der Waals surface area contributed by atoms with Crippen LogP contribution in [0.5, 0.6) is 5.75 Å². The zero-order valence-corrected chi connectivity index (χ0v) is 24.1. The number of hydrogen-bond acceptors (Lipinski definition) is 7. The summed E-state index contributed by atoms with van der Waals surface area (Å²) in [5, 5.41) is 9.90. The SMILES string of the molecule is CCCCn1c(N2CCC(C)CC2)c(/C=C2/SC(=S)N(Cc3ccc(OC)cc3)C2=O)c(C)c(C#N)c1=O. The quantitative estimate of drug-likeness (QED) is 0.318. The third kappa shape index (κ3) is 5.67. The number of methoxy groups -OCH3 is 1. The summed E-state index contributed by atoms with van der Waals surface area (Å²) >= 11 is 6.86. The molecule has 2 aliphatic rings. The van der Waals surface area contributed by atoms with E-state index in [1.807, 2.05) is 37.3 Å². The zero-order chi connectivity index (χ0) is 27.4. The summed E-state index contributed by atoms with van der Waals surface area (Å²) < 4.78 is 7.48. The third-order valence-corrected chi connectivity index (χ3v) is 8.69. The van der Waals surface area contributed by atoms with Gasteiger partial charge in [-0.25, -0.2) is 0 Å². The summed E-state index contributed by atoms with van der Waals surface area (Å²) in [6.45, 7) is 8.70. The van der Waals surface area contributed by atoms with Gasteiger partial charge in [0.2, 0.25) is 0 Å². The summed E-state index contributed by atoms with van der Waals surface area (Å²) in [5.74, 6) is 2.02. The molecule has 3 heterocycles. The highest BCUT2D eigenvalue weighted by molar-refractivity contribution is 8.26. The first-order valence-corrected chi connectivity index (χ1v) is 14.3. The van der Waals surface area contributed by atoms with Crippen molar-refractivity contribution >= 4 is 46.1 Å². The Morgan fingerprint density at radius 2 is 1.89 bits per heavy atom. The van der Waals surface area contributed by atoms with E-state index in [4.69, 9.17) is 17.0 Å². The Morgan fingerprint density at radius 3 is 2.50 bits per heavy atom. The molecule has 2 aromatic rings. The number of aromatic nitrogens is 1. The molecule has 1 aromatic carbocycles. The first kappa shape index (κ1) is 27.9. The van der Waals surface area contributed by atoms with Crippen molar-refractivity contribution < 1.29 is 9.53 Å². The fourth-order valence-corrected chi connectivity index (χ4v) is 6.15. The number of hydrogen-bond donors (Lipinski definition) is 0. The minimum absolute atomic E-state index is 0.134. The molecule has 9 heteroatoms. The molecule has 1 aromatic heterocycles. The molecule has 0 unspecified atom stereocenters. The monoisotopic (exact) mass is 550 g/mol. The number of anilines is 1. The molecule has 0 bridgehead atoms. The maximum absolute atomic E-state index is 13.5. The molecule has 2 fully saturated rings. The van der Waals surface area contributed by atoms with Crippen LogP contribution in [0.1, 0.15) is 61.8 Å². The molecular formula is C29H34N4O3S2. The molecule has 0 spiro atoms. The van der Waals surface area contributed by atoms with Gasteiger partial charge in [-0.15, -0.1) is 0 Å². The fourth-order valence-electron chi connectivity index (χ4n) is 4.91. The normalized spacial score (nSPS) is 17.4. The van der Waals surface area contributed by atoms with Crippen LogP contribution in [-0.2, 0) is 17.9 Å². The Hall–Kier alpha value is -3.09. The van der Waals surface area contributed by atoms with Gasteiger partial charge >= 0.3 is 0 Å². The van der Waals surface area contributed by atoms with E-state index < -0.39 is 0 Å². The van der Waals surface area contributed by atoms with Gasteiger partial charge in [0.1, 0.15) is 27.5 Å². The van der Waals surface area contributed by atoms with Gasteiger partial charge in [-0.3, -0.25) is 19.1 Å². The van der Waals surface area contributed by atoms with Gasteiger partial charge in [0.25, 0.3) is 11.5 Å². The number of benzene rings is 1. The molecule has 200 valence electrons. The second kappa shape index (κ2) is 12.2. The summed E-state index contributed by atoms with van der Waals surface area (Å²) in [6, 6.07) is 9.70. The minimum atomic E-state index is -0.253. The Labute approximate surface area is 234 Å². The summed E-state index contributed by atoms with van der Waals surface area (Å²) in [7, 11) is 1.62. The van der Waals surface area contributed by atoms with E-state index in [1.54, 1.807) is 16.6 Å². The number of nitrogens with zero attached hydrogens (tertiary/aromatic N) is 4. The molecule has 2 saturated heterocycles. The lowest BCUT2D eigenvalue weighted by Crippen LogP contribution is -2.39. The third-order valence-electron chi connectivity index (χ3n) is 7.31. The predicted molar refractivity (Wildman–Crippen MR) is 157 cm³/mol. The van der Waals surface area contributed by atoms with Gasteiger partial charge in [0.15, 0.2) is 0 Å². The number of rotatable bonds is 8. The molecule has 0 radical (unpaired) electrons. The van der Waals surface area contributed by atoms with E-state index in [0.717, 1.165) is 61.5 Å². The lowest BCUT2D eigenvalue weighted by molar-refractivity contribution is -0.122. The van der Waals surface area contributed by atoms with E-state index in [9.17, 15) is 14.9 Å². The van der Waals surface area contributed by atoms with E-state index in [-0.39, 0.29) is 17.0 Å². The lowest BCUT2D eigenvalue weighted by atomic mass is 9.97. The molecular weight excluding hydrogens is 516 g/mol. The van der Waals surface area contributed by atoms with Crippen molar-refractivity contribution in [1.82, 2.24) is 9.47 Å². The number of carbonyl (C=O) groups is 1. The number of ether oxygens (including phenoxy) is 1. The van der Waals surface area contributed by atoms with Gasteiger partial charge in [-0.2, -0.15) is 5.26 Å². The smallest absolute Gasteiger partial charge is 0.270 e. The first-order chi connectivity index (χ1) is 18.3. The Morgan fingerprint density at radius 1 is 1.21 bits per heavy atom. The standard InChI is InChI=1S/C29H34N4O3S2/c1-5-6-13-32-26(31-14-11-19(2)12-15-31)23(20(3)24(17-30)27(32)34)16-25-28(35)33(29(37)38-25)18-21-7-9-22(36-4)10-8-21/h7-10,16,19H,5-6,11-15,18H2,1-4H3/b25-16+. The molecule has 0 atom stereocenters. The van der Waals surface area contributed by atoms with Crippen LogP contribution in [0.2, 0.25) is 0 Å². The largest absolute Gasteiger partial charge is 0.497 e. The average molecular weight is 551 g/mol. The van der Waals surface area contributed by atoms with Crippen LogP contribution in [0, 0.1) is 24.2 Å². The second-order valence-electron chi connectivity index (χ2n) is 9.94. The van der Waals surface area contributed by atoms with Crippen LogP contribution in [0.25, 0.3) is 6.08 Å². The van der Waals surface area contributed by atoms with Crippen molar-refractivity contribution in [3.05, 3.63) is 61.8 Å². The van der Waals surface area contributed by atoms with Crippen LogP contribution in [0.3, 0.4) is 0 Å². The number of carbonyl (C=O) groups excluding carboxylic acids is 1. The maximum Gasteiger partial charge on any atom is 0.270 e. The average Bonchev–Trinajstić information content (AvgIpc) is 3.18. The van der Waals surface area contributed by atoms with Crippen molar-refractivity contribution in [2.45, 2.75) is 59.5 Å². The number of thioether (sulfide) groups is 1. The lowest BCUT2D eigenvalue weighted by Gasteiger charge is -2.35. The minimum Gasteiger partial charge on any atom is -0.497 e. The Kier molecular flexibility index (Phi) is 8.95. The summed E-state index contributed by atoms with van der Waals surface area (Å²) in [4.78, 5) is 31.4. The van der Waals surface area contributed by atoms with Crippen LogP contribution in [0.4, 0.5) is 5.82 Å². The number of amides is 1. The van der Waals surface area contributed by atoms with Crippen molar-refractivity contribution in [2.75, 3.05) is 25.1 Å². The summed E-state index contributed by atoms with van der Waals surface area (Å²) in [6.07, 6.45) is 5.67. The van der Waals surface area contributed by atoms with Crippen molar-refractivity contribution in [3.63, 3.8) is 0 Å². The van der Waals surface area contributed by atoms with Gasteiger partial charge < -0.3 is 9.64 Å². The van der Waals surface area contributed by atoms with E-state index in [1.165, 1.54) is 11.8 Å². The van der Waals surface area contributed by atoms with Crippen molar-refractivity contribution in [1.29, 1.82) is 5.26 Å². The van der Waals surface area contributed by atoms with Gasteiger partial charge in [0.05, 0.1) is 18.6 Å². The molecule has 2 aliphatic heterocycles. The number of thiocarbonyl (C=S) groups is 1. The van der Waals surface area contributed by atoms with Crippen LogP contribution in [-0.4, -0.2) is 39.9 Å². The first-order valence-electron chi connectivity index (χ1n) is 13.1. The predicted octanol–water partition coefficient (Wildman–Crippen LogP) is 5.47. The van der Waals surface area contributed by atoms with E-state index >= 15 is 0 Å². The zero-order valence-electron chi connectivity index (χ0n) is 22.5. The molecule has 0 aliphatic carbocycles. The van der Waals surface area contributed by atoms with Crippen LogP contribution < -0.4 is 15.2 Å². The van der Waals surface area contributed by atoms with Crippen LogP contribution >= 0.6 is 24.0 Å². The molecule has 1 amide bonds. The Balaban J connectivity index is 1.78. The number of piperidine rings is 1. The maximum atomic E-state index is 13.5. The van der Waals surface area contributed by atoms with Crippen molar-refractivity contribution in [3.8, 4) is 11.8 Å². The topological polar surface area (TPSA) is 78.6 Å². The molecule has 0 saturated carbocycles. The number of nitriles is 1. The van der Waals surface area contributed by atoms with E-state index in [0.29, 0.717) is 33.8 Å². The van der Waals surface area contributed by atoms with Crippen LogP contribution in [0.15, 0.2) is 34.0 Å². The highest BCUT2D eigenvalue weighted by Gasteiger charge is 2.33. The molecule has 7 nitrogen and oxygen atoms in total. The number of pyridine rings is 1. The molecule has 0 N–H and O–H groups in total. The van der Waals surface area contributed by atoms with E-state index in [2.05, 4.69) is 24.8 Å². The number of unbranched alkanes of at least 4 members (excludes halogenated alkanes) is 1. The summed E-state index contributed by atoms with van der Waals surface area (Å²) in [5.41, 5.74) is 2.20. The van der Waals surface area contributed by atoms with Crippen molar-refractivity contribution in [2.24, 2.45) is 5.92 Å². The highest BCUT2D eigenvalue weighted by Crippen LogP contribution is 2.37. The second-order valence-corrected chi connectivity index (χ2v) is 11.6. The van der Waals surface area contributed by atoms with Gasteiger partial charge in [-0.1, -0.05) is 56.4 Å². The Bertz CT molecular complexity index is 1350. The highest BCUT2D eigenvalue weighted by atomic mass is 32.2.